The first kappa shape index (κ1) is 14.8. The Bertz CT molecular complexity index is 189. The van der Waals surface area contributed by atoms with Gasteiger partial charge in [0.15, 0.2) is 0 Å². The zero-order chi connectivity index (χ0) is 7.40. The minimum absolute atomic E-state index is 0. The molecule has 0 spiro atoms. The summed E-state index contributed by atoms with van der Waals surface area (Å²) in [6.45, 7) is 1.03. The number of hydrogen-bond acceptors (Lipinski definition) is 1. The Labute approximate surface area is 97.5 Å². The molecule has 0 N–H and O–H groups in total. The quantitative estimate of drug-likeness (QED) is 0.548. The van der Waals surface area contributed by atoms with E-state index in [1.807, 2.05) is 6.07 Å². The van der Waals surface area contributed by atoms with Crippen LogP contribution in [0.15, 0.2) is 30.3 Å². The first-order valence-electron chi connectivity index (χ1n) is 3.47. The van der Waals surface area contributed by atoms with Crippen LogP contribution < -0.4 is 12.4 Å². The van der Waals surface area contributed by atoms with E-state index in [1.54, 1.807) is 0 Å². The standard InChI is InChI=1S/C9H13N.ClH.Sn.3H/c1-10(2)8-9-6-4-3-5-7-9;;;;;/h3-7H,8H2,1-2H3;1H;;;;/q;;+1;;;/p-1. The van der Waals surface area contributed by atoms with Crippen LogP contribution in [0.5, 0.6) is 0 Å². The summed E-state index contributed by atoms with van der Waals surface area (Å²) in [6.07, 6.45) is 0. The monoisotopic (exact) mass is 293 g/mol. The third-order valence-electron chi connectivity index (χ3n) is 1.34. The maximum absolute atomic E-state index is 2.16. The number of rotatable bonds is 2. The van der Waals surface area contributed by atoms with Gasteiger partial charge in [0, 0.05) is 6.54 Å². The number of benzene rings is 1. The molecular formula is C9H16ClNSn. The van der Waals surface area contributed by atoms with Crippen LogP contribution in [0.3, 0.4) is 0 Å². The van der Waals surface area contributed by atoms with Crippen LogP contribution in [0.1, 0.15) is 5.56 Å². The van der Waals surface area contributed by atoms with Crippen molar-refractivity contribution < 1.29 is 12.4 Å². The van der Waals surface area contributed by atoms with Crippen molar-refractivity contribution >= 4 is 23.9 Å². The molecular weight excluding hydrogens is 276 g/mol. The Morgan fingerprint density at radius 1 is 1.08 bits per heavy atom. The number of nitrogens with zero attached hydrogens (tertiary/aromatic N) is 1. The van der Waals surface area contributed by atoms with E-state index >= 15 is 0 Å². The number of hydrogen-bond donors (Lipinski definition) is 0. The van der Waals surface area contributed by atoms with E-state index in [-0.39, 0.29) is 36.3 Å². The van der Waals surface area contributed by atoms with Crippen molar-refractivity contribution in [2.45, 2.75) is 6.54 Å². The summed E-state index contributed by atoms with van der Waals surface area (Å²) in [7, 11) is 4.15. The average Bonchev–Trinajstić information content (AvgIpc) is 1.88. The minimum atomic E-state index is 0. The molecule has 68 valence electrons. The van der Waals surface area contributed by atoms with Crippen molar-refractivity contribution in [1.82, 2.24) is 4.90 Å². The van der Waals surface area contributed by atoms with E-state index in [0.29, 0.717) is 0 Å². The van der Waals surface area contributed by atoms with Gasteiger partial charge in [-0.15, -0.1) is 0 Å². The predicted octanol–water partition coefficient (Wildman–Crippen LogP) is -2.43. The van der Waals surface area contributed by atoms with Gasteiger partial charge in [-0.05, 0) is 19.7 Å². The molecule has 1 rings (SSSR count). The van der Waals surface area contributed by atoms with E-state index in [0.717, 1.165) is 6.54 Å². The van der Waals surface area contributed by atoms with E-state index in [4.69, 9.17) is 0 Å². The van der Waals surface area contributed by atoms with Crippen molar-refractivity contribution in [3.8, 4) is 0 Å². The molecule has 0 saturated heterocycles. The van der Waals surface area contributed by atoms with Crippen LogP contribution in [0.25, 0.3) is 0 Å². The fourth-order valence-corrected chi connectivity index (χ4v) is 0.949. The summed E-state index contributed by atoms with van der Waals surface area (Å²) in [5, 5.41) is 0. The van der Waals surface area contributed by atoms with Crippen LogP contribution in [-0.4, -0.2) is 42.9 Å². The van der Waals surface area contributed by atoms with Crippen molar-refractivity contribution in [1.29, 1.82) is 0 Å². The van der Waals surface area contributed by atoms with Gasteiger partial charge in [-0.1, -0.05) is 30.3 Å². The Kier molecular flexibility index (Phi) is 9.72. The van der Waals surface area contributed by atoms with E-state index in [2.05, 4.69) is 43.3 Å². The Morgan fingerprint density at radius 2 is 1.58 bits per heavy atom. The van der Waals surface area contributed by atoms with Gasteiger partial charge in [-0.25, -0.2) is 0 Å². The second kappa shape index (κ2) is 7.89. The van der Waals surface area contributed by atoms with Gasteiger partial charge in [0.1, 0.15) is 0 Å². The molecule has 0 heterocycles. The Balaban J connectivity index is 0. The number of halogens is 1. The van der Waals surface area contributed by atoms with E-state index < -0.39 is 0 Å². The van der Waals surface area contributed by atoms with Crippen molar-refractivity contribution in [2.75, 3.05) is 14.1 Å². The van der Waals surface area contributed by atoms with Gasteiger partial charge in [-0.3, -0.25) is 0 Å². The molecule has 0 aliphatic heterocycles. The molecule has 0 aliphatic rings. The molecule has 0 amide bonds. The fraction of sp³-hybridized carbons (Fsp3) is 0.333. The third-order valence-corrected chi connectivity index (χ3v) is 1.34. The first-order valence-corrected chi connectivity index (χ1v) is 3.47. The average molecular weight is 292 g/mol. The molecule has 1 aromatic rings. The first-order chi connectivity index (χ1) is 4.79. The molecule has 0 saturated carbocycles. The van der Waals surface area contributed by atoms with Gasteiger partial charge >= 0.3 is 23.9 Å². The maximum atomic E-state index is 2.16. The van der Waals surface area contributed by atoms with Crippen molar-refractivity contribution in [3.63, 3.8) is 0 Å². The zero-order valence-electron chi connectivity index (χ0n) is 7.92. The molecule has 1 aromatic carbocycles. The summed E-state index contributed by atoms with van der Waals surface area (Å²) in [5.41, 5.74) is 1.37. The summed E-state index contributed by atoms with van der Waals surface area (Å²) >= 11 is 0. The molecule has 0 unspecified atom stereocenters. The second-order valence-corrected chi connectivity index (χ2v) is 2.72. The van der Waals surface area contributed by atoms with Crippen molar-refractivity contribution in [3.05, 3.63) is 35.9 Å². The zero-order valence-corrected chi connectivity index (χ0v) is 14.4. The van der Waals surface area contributed by atoms with E-state index in [9.17, 15) is 0 Å². The van der Waals surface area contributed by atoms with Gasteiger partial charge < -0.3 is 17.3 Å². The summed E-state index contributed by atoms with van der Waals surface area (Å²) < 4.78 is 0. The van der Waals surface area contributed by atoms with Gasteiger partial charge in [-0.2, -0.15) is 0 Å². The summed E-state index contributed by atoms with van der Waals surface area (Å²) in [4.78, 5) is 2.16. The summed E-state index contributed by atoms with van der Waals surface area (Å²) in [5.74, 6) is 0. The molecule has 0 atom stereocenters. The second-order valence-electron chi connectivity index (χ2n) is 2.72. The molecule has 0 fully saturated rings. The topological polar surface area (TPSA) is 3.24 Å². The molecule has 0 bridgehead atoms. The Hall–Kier alpha value is 0.269. The molecule has 1 nitrogen and oxygen atoms in total. The SMILES string of the molecule is CN(C)Cc1ccccc1.[Cl-].[SnH3+]. The molecule has 12 heavy (non-hydrogen) atoms. The van der Waals surface area contributed by atoms with Gasteiger partial charge in [0.2, 0.25) is 0 Å². The molecule has 0 aromatic heterocycles. The molecule has 0 aliphatic carbocycles. The van der Waals surface area contributed by atoms with Crippen molar-refractivity contribution in [2.24, 2.45) is 0 Å². The summed E-state index contributed by atoms with van der Waals surface area (Å²) in [6, 6.07) is 10.5. The molecule has 3 heteroatoms. The van der Waals surface area contributed by atoms with Gasteiger partial charge in [0.05, 0.1) is 0 Å². The fourth-order valence-electron chi connectivity index (χ4n) is 0.949. The van der Waals surface area contributed by atoms with E-state index in [1.165, 1.54) is 5.56 Å². The molecule has 0 radical (unpaired) electrons. The van der Waals surface area contributed by atoms with Crippen LogP contribution in [0, 0.1) is 0 Å². The van der Waals surface area contributed by atoms with Crippen LogP contribution in [0.2, 0.25) is 0 Å². The van der Waals surface area contributed by atoms with Crippen LogP contribution >= 0.6 is 0 Å². The van der Waals surface area contributed by atoms with Gasteiger partial charge in [0.25, 0.3) is 0 Å². The Morgan fingerprint density at radius 3 is 2.00 bits per heavy atom. The van der Waals surface area contributed by atoms with Crippen LogP contribution in [-0.2, 0) is 6.54 Å². The predicted molar refractivity (Wildman–Crippen MR) is 53.8 cm³/mol. The normalized spacial score (nSPS) is 8.58. The third kappa shape index (κ3) is 5.86. The van der Waals surface area contributed by atoms with Crippen LogP contribution in [0.4, 0.5) is 0 Å².